The lowest BCUT2D eigenvalue weighted by Crippen LogP contribution is -2.27. The Kier molecular flexibility index (Phi) is 4.78. The number of nitrogens with one attached hydrogen (secondary N) is 2. The van der Waals surface area contributed by atoms with Gasteiger partial charge in [0, 0.05) is 36.4 Å². The van der Waals surface area contributed by atoms with Crippen molar-refractivity contribution in [2.45, 2.75) is 6.42 Å². The summed E-state index contributed by atoms with van der Waals surface area (Å²) in [5.74, 6) is 0.462. The van der Waals surface area contributed by atoms with E-state index in [9.17, 15) is 0 Å². The quantitative estimate of drug-likeness (QED) is 0.336. The fourth-order valence-electron chi connectivity index (χ4n) is 2.73. The molecule has 5 heteroatoms. The molecule has 0 radical (unpaired) electrons. The molecular formula is C19H19N5. The summed E-state index contributed by atoms with van der Waals surface area (Å²) in [6.07, 6.45) is 4.88. The van der Waals surface area contributed by atoms with E-state index in [0.29, 0.717) is 12.5 Å². The number of hydrogen-bond donors (Lipinski definition) is 2. The van der Waals surface area contributed by atoms with Gasteiger partial charge in [0.05, 0.1) is 0 Å². The summed E-state index contributed by atoms with van der Waals surface area (Å²) in [6.45, 7) is 0.595. The molecule has 5 nitrogen and oxygen atoms in total. The summed E-state index contributed by atoms with van der Waals surface area (Å²) in [5.41, 5.74) is 3.37. The molecule has 0 amide bonds. The van der Waals surface area contributed by atoms with Crippen LogP contribution in [0.1, 0.15) is 5.56 Å². The molecular weight excluding hydrogens is 298 g/mol. The Bertz CT molecular complexity index is 887. The Morgan fingerprint density at radius 3 is 2.67 bits per heavy atom. The smallest absolute Gasteiger partial charge is 0.209 e. The third-order valence-electron chi connectivity index (χ3n) is 3.84. The van der Waals surface area contributed by atoms with Gasteiger partial charge in [0.1, 0.15) is 0 Å². The van der Waals surface area contributed by atoms with E-state index >= 15 is 0 Å². The molecule has 1 aromatic heterocycles. The highest BCUT2D eigenvalue weighted by atomic mass is 15.2. The van der Waals surface area contributed by atoms with Gasteiger partial charge in [-0.2, -0.15) is 5.26 Å². The highest BCUT2D eigenvalue weighted by Crippen LogP contribution is 2.20. The highest BCUT2D eigenvalue weighted by Gasteiger charge is 2.05. The fraction of sp³-hybridized carbons (Fsp3) is 0.158. The number of anilines is 1. The molecule has 0 saturated carbocycles. The third kappa shape index (κ3) is 3.55. The average Bonchev–Trinajstić information content (AvgIpc) is 2.93. The minimum Gasteiger partial charge on any atom is -0.350 e. The molecule has 0 fully saturated rings. The van der Waals surface area contributed by atoms with Gasteiger partial charge in [-0.25, -0.2) is 0 Å². The molecule has 0 aliphatic carbocycles. The maximum Gasteiger partial charge on any atom is 0.209 e. The number of guanidine groups is 1. The van der Waals surface area contributed by atoms with Crippen LogP contribution in [0.5, 0.6) is 0 Å². The molecule has 2 aromatic carbocycles. The Hall–Kier alpha value is -3.26. The number of para-hydroxylation sites is 2. The monoisotopic (exact) mass is 317 g/mol. The van der Waals surface area contributed by atoms with Crippen LogP contribution in [0.15, 0.2) is 65.8 Å². The molecule has 2 N–H and O–H groups in total. The van der Waals surface area contributed by atoms with Crippen LogP contribution in [-0.2, 0) is 13.5 Å². The molecule has 0 unspecified atom stereocenters. The minimum atomic E-state index is 0.462. The van der Waals surface area contributed by atoms with E-state index in [4.69, 9.17) is 5.26 Å². The SMILES string of the molecule is Cn1cc(CCN=C(NC#N)Nc2ccccc2)c2ccccc21. The van der Waals surface area contributed by atoms with E-state index in [1.165, 1.54) is 16.5 Å². The number of fused-ring (bicyclic) bond motifs is 1. The van der Waals surface area contributed by atoms with Crippen molar-refractivity contribution in [3.8, 4) is 6.19 Å². The number of aliphatic imine (C=N–C) groups is 1. The number of hydrogen-bond acceptors (Lipinski definition) is 2. The van der Waals surface area contributed by atoms with E-state index < -0.39 is 0 Å². The number of nitriles is 1. The molecule has 0 spiro atoms. The van der Waals surface area contributed by atoms with Crippen molar-refractivity contribution in [2.24, 2.45) is 12.0 Å². The zero-order valence-corrected chi connectivity index (χ0v) is 13.5. The van der Waals surface area contributed by atoms with E-state index in [-0.39, 0.29) is 0 Å². The van der Waals surface area contributed by atoms with Crippen LogP contribution in [0.4, 0.5) is 5.69 Å². The second-order valence-electron chi connectivity index (χ2n) is 5.49. The van der Waals surface area contributed by atoms with Gasteiger partial charge in [0.15, 0.2) is 6.19 Å². The fourth-order valence-corrected chi connectivity index (χ4v) is 2.73. The molecule has 0 aliphatic heterocycles. The second-order valence-corrected chi connectivity index (χ2v) is 5.49. The van der Waals surface area contributed by atoms with Crippen LogP contribution < -0.4 is 10.6 Å². The van der Waals surface area contributed by atoms with Gasteiger partial charge in [0.25, 0.3) is 0 Å². The van der Waals surface area contributed by atoms with Crippen LogP contribution in [0.2, 0.25) is 0 Å². The third-order valence-corrected chi connectivity index (χ3v) is 3.84. The van der Waals surface area contributed by atoms with Crippen molar-refractivity contribution in [2.75, 3.05) is 11.9 Å². The van der Waals surface area contributed by atoms with E-state index in [0.717, 1.165) is 12.1 Å². The van der Waals surface area contributed by atoms with Crippen molar-refractivity contribution >= 4 is 22.5 Å². The zero-order chi connectivity index (χ0) is 16.8. The van der Waals surface area contributed by atoms with Crippen LogP contribution in [0.25, 0.3) is 10.9 Å². The van der Waals surface area contributed by atoms with Gasteiger partial charge >= 0.3 is 0 Å². The summed E-state index contributed by atoms with van der Waals surface area (Å²) >= 11 is 0. The molecule has 3 aromatic rings. The number of rotatable bonds is 4. The summed E-state index contributed by atoms with van der Waals surface area (Å²) in [5, 5.41) is 15.9. The van der Waals surface area contributed by atoms with Gasteiger partial charge in [0.2, 0.25) is 5.96 Å². The van der Waals surface area contributed by atoms with Gasteiger partial charge in [-0.3, -0.25) is 10.3 Å². The number of benzene rings is 2. The first kappa shape index (κ1) is 15.6. The van der Waals surface area contributed by atoms with Crippen molar-refractivity contribution in [3.63, 3.8) is 0 Å². The molecule has 0 aliphatic rings. The first-order valence-corrected chi connectivity index (χ1v) is 7.82. The lowest BCUT2D eigenvalue weighted by atomic mass is 10.1. The first-order chi connectivity index (χ1) is 11.8. The summed E-state index contributed by atoms with van der Waals surface area (Å²) in [6, 6.07) is 18.0. The summed E-state index contributed by atoms with van der Waals surface area (Å²) < 4.78 is 2.13. The molecule has 1 heterocycles. The Labute approximate surface area is 141 Å². The van der Waals surface area contributed by atoms with Crippen molar-refractivity contribution in [3.05, 3.63) is 66.4 Å². The number of aromatic nitrogens is 1. The van der Waals surface area contributed by atoms with Crippen molar-refractivity contribution in [1.29, 1.82) is 5.26 Å². The standard InChI is InChI=1S/C19H19N5/c1-24-13-15(17-9-5-6-10-18(17)24)11-12-21-19(22-14-20)23-16-7-3-2-4-8-16/h2-10,13H,11-12H2,1H3,(H2,21,22,23). The molecule has 120 valence electrons. The zero-order valence-electron chi connectivity index (χ0n) is 13.5. The maximum atomic E-state index is 8.89. The van der Waals surface area contributed by atoms with Gasteiger partial charge in [-0.1, -0.05) is 36.4 Å². The maximum absolute atomic E-state index is 8.89. The normalized spacial score (nSPS) is 11.2. The largest absolute Gasteiger partial charge is 0.350 e. The Balaban J connectivity index is 1.71. The van der Waals surface area contributed by atoms with Crippen LogP contribution in [-0.4, -0.2) is 17.1 Å². The van der Waals surface area contributed by atoms with Crippen molar-refractivity contribution < 1.29 is 0 Å². The van der Waals surface area contributed by atoms with Gasteiger partial charge < -0.3 is 9.88 Å². The predicted molar refractivity (Wildman–Crippen MR) is 97.7 cm³/mol. The second kappa shape index (κ2) is 7.34. The van der Waals surface area contributed by atoms with Gasteiger partial charge in [-0.05, 0) is 30.2 Å². The number of aryl methyl sites for hydroxylation is 1. The Morgan fingerprint density at radius 2 is 1.88 bits per heavy atom. The van der Waals surface area contributed by atoms with E-state index in [1.807, 2.05) is 42.6 Å². The molecule has 3 rings (SSSR count). The van der Waals surface area contributed by atoms with Crippen LogP contribution in [0, 0.1) is 11.5 Å². The highest BCUT2D eigenvalue weighted by molar-refractivity contribution is 5.94. The van der Waals surface area contributed by atoms with E-state index in [1.54, 1.807) is 0 Å². The molecule has 0 bridgehead atoms. The molecule has 0 atom stereocenters. The number of nitrogens with zero attached hydrogens (tertiary/aromatic N) is 3. The molecule has 24 heavy (non-hydrogen) atoms. The summed E-state index contributed by atoms with van der Waals surface area (Å²) in [7, 11) is 2.05. The minimum absolute atomic E-state index is 0.462. The Morgan fingerprint density at radius 1 is 1.12 bits per heavy atom. The predicted octanol–water partition coefficient (Wildman–Crippen LogP) is 3.26. The van der Waals surface area contributed by atoms with Crippen LogP contribution >= 0.6 is 0 Å². The topological polar surface area (TPSA) is 65.1 Å². The van der Waals surface area contributed by atoms with E-state index in [2.05, 4.69) is 51.6 Å². The lowest BCUT2D eigenvalue weighted by molar-refractivity contribution is 0.925. The summed E-state index contributed by atoms with van der Waals surface area (Å²) in [4.78, 5) is 4.48. The average molecular weight is 317 g/mol. The van der Waals surface area contributed by atoms with Crippen molar-refractivity contribution in [1.82, 2.24) is 9.88 Å². The van der Waals surface area contributed by atoms with Gasteiger partial charge in [-0.15, -0.1) is 0 Å². The first-order valence-electron chi connectivity index (χ1n) is 7.82. The lowest BCUT2D eigenvalue weighted by Gasteiger charge is -2.07. The molecule has 0 saturated heterocycles. The van der Waals surface area contributed by atoms with Crippen LogP contribution in [0.3, 0.4) is 0 Å².